The highest BCUT2D eigenvalue weighted by atomic mass is 16.3. The highest BCUT2D eigenvalue weighted by molar-refractivity contribution is 5.96. The second-order valence-corrected chi connectivity index (χ2v) is 11.6. The molecule has 0 saturated carbocycles. The molecule has 3 rings (SSSR count). The molecule has 0 fully saturated rings. The van der Waals surface area contributed by atoms with Gasteiger partial charge in [0.1, 0.15) is 29.6 Å². The molecule has 0 saturated heterocycles. The Morgan fingerprint density at radius 2 is 1.53 bits per heavy atom. The van der Waals surface area contributed by atoms with Gasteiger partial charge >= 0.3 is 0 Å². The van der Waals surface area contributed by atoms with Crippen molar-refractivity contribution in [1.82, 2.24) is 21.3 Å². The Bertz CT molecular complexity index is 1450. The lowest BCUT2D eigenvalue weighted by atomic mass is 9.95. The normalized spacial score (nSPS) is 19.6. The van der Waals surface area contributed by atoms with Crippen molar-refractivity contribution < 1.29 is 34.2 Å². The van der Waals surface area contributed by atoms with Crippen LogP contribution in [0.25, 0.3) is 11.1 Å². The van der Waals surface area contributed by atoms with Gasteiger partial charge in [0.15, 0.2) is 0 Å². The molecule has 16 nitrogen and oxygen atoms in total. The van der Waals surface area contributed by atoms with Crippen LogP contribution < -0.4 is 49.9 Å². The summed E-state index contributed by atoms with van der Waals surface area (Å²) < 4.78 is 0. The van der Waals surface area contributed by atoms with Gasteiger partial charge in [-0.25, -0.2) is 0 Å². The molecule has 47 heavy (non-hydrogen) atoms. The Balaban J connectivity index is 2.03. The predicted molar refractivity (Wildman–Crippen MR) is 173 cm³/mol. The Morgan fingerprint density at radius 1 is 0.915 bits per heavy atom. The second-order valence-electron chi connectivity index (χ2n) is 11.6. The summed E-state index contributed by atoms with van der Waals surface area (Å²) in [5.41, 5.74) is 30.5. The fourth-order valence-electron chi connectivity index (χ4n) is 5.11. The Labute approximate surface area is 272 Å². The predicted octanol–water partition coefficient (Wildman–Crippen LogP) is -2.95. The molecule has 5 amide bonds. The van der Waals surface area contributed by atoms with Gasteiger partial charge in [-0.3, -0.25) is 24.0 Å². The molecule has 4 bridgehead atoms. The molecule has 5 atom stereocenters. The third-order valence-corrected chi connectivity index (χ3v) is 7.77. The lowest BCUT2D eigenvalue weighted by Gasteiger charge is -2.26. The second kappa shape index (κ2) is 17.2. The number of hydrogen-bond donors (Lipinski definition) is 11. The average molecular weight is 656 g/mol. The van der Waals surface area contributed by atoms with Crippen LogP contribution in [0.5, 0.6) is 11.5 Å². The van der Waals surface area contributed by atoms with Crippen molar-refractivity contribution in [2.24, 2.45) is 28.7 Å². The van der Waals surface area contributed by atoms with Crippen LogP contribution in [0.15, 0.2) is 36.4 Å². The maximum absolute atomic E-state index is 13.8. The highest BCUT2D eigenvalue weighted by Gasteiger charge is 2.32. The van der Waals surface area contributed by atoms with E-state index in [1.807, 2.05) is 0 Å². The number of phenolic OH excluding ortho intramolecular Hbond substituents is 2. The van der Waals surface area contributed by atoms with Crippen LogP contribution in [0.2, 0.25) is 0 Å². The Kier molecular flexibility index (Phi) is 13.5. The van der Waals surface area contributed by atoms with Crippen LogP contribution in [0.4, 0.5) is 0 Å². The Hall–Kier alpha value is -4.77. The largest absolute Gasteiger partial charge is 0.508 e. The van der Waals surface area contributed by atoms with Crippen molar-refractivity contribution in [3.8, 4) is 22.6 Å². The quantitative estimate of drug-likeness (QED) is 0.110. The Morgan fingerprint density at radius 3 is 2.11 bits per heavy atom. The molecule has 0 aromatic heterocycles. The van der Waals surface area contributed by atoms with E-state index in [1.54, 1.807) is 24.3 Å². The molecule has 1 heterocycles. The maximum Gasteiger partial charge on any atom is 0.243 e. The van der Waals surface area contributed by atoms with Crippen LogP contribution in [0.3, 0.4) is 0 Å². The number of hydrogen-bond acceptors (Lipinski definition) is 11. The molecule has 1 unspecified atom stereocenters. The smallest absolute Gasteiger partial charge is 0.243 e. The van der Waals surface area contributed by atoms with Crippen LogP contribution in [0, 0.1) is 0 Å². The summed E-state index contributed by atoms with van der Waals surface area (Å²) in [5, 5.41) is 31.5. The van der Waals surface area contributed by atoms with Crippen molar-refractivity contribution in [3.63, 3.8) is 0 Å². The minimum absolute atomic E-state index is 0.0195. The number of phenols is 2. The summed E-state index contributed by atoms with van der Waals surface area (Å²) in [4.78, 5) is 65.3. The molecule has 16 N–H and O–H groups in total. The molecule has 1 aliphatic rings. The highest BCUT2D eigenvalue weighted by Crippen LogP contribution is 2.31. The molecule has 2 aromatic rings. The zero-order chi connectivity index (χ0) is 34.7. The summed E-state index contributed by atoms with van der Waals surface area (Å²) in [5.74, 6) is -4.16. The zero-order valence-electron chi connectivity index (χ0n) is 26.0. The van der Waals surface area contributed by atoms with Crippen LogP contribution in [-0.4, -0.2) is 89.6 Å². The van der Waals surface area contributed by atoms with E-state index in [0.29, 0.717) is 36.1 Å². The van der Waals surface area contributed by atoms with Gasteiger partial charge in [0.05, 0.1) is 12.5 Å². The first-order valence-corrected chi connectivity index (χ1v) is 15.4. The summed E-state index contributed by atoms with van der Waals surface area (Å²) in [6, 6.07) is 3.81. The van der Waals surface area contributed by atoms with E-state index in [2.05, 4.69) is 21.3 Å². The lowest BCUT2D eigenvalue weighted by Crippen LogP contribution is -2.59. The number of aromatic hydroxyl groups is 2. The van der Waals surface area contributed by atoms with Gasteiger partial charge in [-0.2, -0.15) is 0 Å². The topological polar surface area (TPSA) is 304 Å². The number of nitrogens with one attached hydrogen (secondary N) is 4. The van der Waals surface area contributed by atoms with Crippen molar-refractivity contribution >= 4 is 29.5 Å². The van der Waals surface area contributed by atoms with Gasteiger partial charge in [-0.15, -0.1) is 0 Å². The van der Waals surface area contributed by atoms with E-state index in [1.165, 1.54) is 12.1 Å². The molecule has 0 spiro atoms. The fourth-order valence-corrected chi connectivity index (χ4v) is 5.11. The minimum Gasteiger partial charge on any atom is -0.508 e. The average Bonchev–Trinajstić information content (AvgIpc) is 3.02. The fraction of sp³-hybridized carbons (Fsp3) is 0.452. The van der Waals surface area contributed by atoms with Gasteiger partial charge in [0, 0.05) is 25.4 Å². The van der Waals surface area contributed by atoms with Crippen molar-refractivity contribution in [2.45, 2.75) is 68.7 Å². The van der Waals surface area contributed by atoms with E-state index < -0.39 is 66.2 Å². The maximum atomic E-state index is 13.8. The van der Waals surface area contributed by atoms with Gasteiger partial charge in [-0.1, -0.05) is 12.1 Å². The number of benzene rings is 2. The minimum atomic E-state index is -1.42. The van der Waals surface area contributed by atoms with Gasteiger partial charge in [0.25, 0.3) is 0 Å². The number of fused-ring (bicyclic) bond motifs is 5. The molecule has 2 aromatic carbocycles. The van der Waals surface area contributed by atoms with Crippen molar-refractivity contribution in [2.75, 3.05) is 19.6 Å². The van der Waals surface area contributed by atoms with Crippen LogP contribution in [-0.2, 0) is 36.8 Å². The molecule has 256 valence electrons. The molecular weight excluding hydrogens is 610 g/mol. The van der Waals surface area contributed by atoms with Crippen molar-refractivity contribution in [3.05, 3.63) is 47.5 Å². The first-order chi connectivity index (χ1) is 22.3. The third kappa shape index (κ3) is 10.6. The first kappa shape index (κ1) is 36.7. The third-order valence-electron chi connectivity index (χ3n) is 7.77. The summed E-state index contributed by atoms with van der Waals surface area (Å²) in [7, 11) is 0. The molecular formula is C31H45N9O7. The van der Waals surface area contributed by atoms with Gasteiger partial charge in [0.2, 0.25) is 29.5 Å². The monoisotopic (exact) mass is 655 g/mol. The summed E-state index contributed by atoms with van der Waals surface area (Å²) in [6.45, 7) is 0.516. The molecule has 0 radical (unpaired) electrons. The first-order valence-electron chi connectivity index (χ1n) is 15.4. The van der Waals surface area contributed by atoms with Crippen molar-refractivity contribution in [1.29, 1.82) is 0 Å². The number of amides is 5. The summed E-state index contributed by atoms with van der Waals surface area (Å²) >= 11 is 0. The van der Waals surface area contributed by atoms with E-state index in [-0.39, 0.29) is 49.4 Å². The van der Waals surface area contributed by atoms with E-state index in [0.717, 1.165) is 0 Å². The van der Waals surface area contributed by atoms with E-state index in [4.69, 9.17) is 28.7 Å². The van der Waals surface area contributed by atoms with Gasteiger partial charge < -0.3 is 60.1 Å². The van der Waals surface area contributed by atoms with Crippen LogP contribution >= 0.6 is 0 Å². The zero-order valence-corrected chi connectivity index (χ0v) is 26.0. The van der Waals surface area contributed by atoms with Gasteiger partial charge in [-0.05, 0) is 78.9 Å². The van der Waals surface area contributed by atoms with E-state index in [9.17, 15) is 34.2 Å². The van der Waals surface area contributed by atoms with Crippen LogP contribution in [0.1, 0.15) is 36.8 Å². The summed E-state index contributed by atoms with van der Waals surface area (Å²) in [6.07, 6.45) is -0.00228. The molecule has 0 aliphatic carbocycles. The number of carbonyl (C=O) groups excluding carboxylic acids is 5. The number of carbonyl (C=O) groups is 5. The lowest BCUT2D eigenvalue weighted by molar-refractivity contribution is -0.134. The number of nitrogens with two attached hydrogens (primary N) is 5. The molecule has 16 heteroatoms. The number of primary amides is 1. The van der Waals surface area contributed by atoms with E-state index >= 15 is 0 Å². The standard InChI is InChI=1S/C31H45N9O7/c32-8-1-2-22-30(46)39-23(31(47)40-24(14-27(36)43)29(45)37-15-20(34)7-9-33)13-19-11-17(4-6-26(19)42)16-3-5-25(41)18(10-16)12-21(35)28(44)38-22/h3-6,10-11,20-24,41-42H,1-2,7-9,12-15,32-35H2,(H2,36,43)(H,37,45)(H,38,44)(H,39,46)(H,40,47)/t20-,21?,22-,23-,24-/m0/s1. The number of rotatable bonds is 12. The SMILES string of the molecule is NCCC[C@@H]1NC(=O)C(N)Cc2cc(ccc2O)-c2ccc(O)c(c2)C[C@@H](C(=O)N[C@@H](CC(N)=O)C(=O)NC[C@@H](N)CCN)NC1=O. The molecule has 1 aliphatic heterocycles.